The van der Waals surface area contributed by atoms with Gasteiger partial charge in [0, 0.05) is 34.2 Å². The minimum Gasteiger partial charge on any atom is -0.356 e. The molecular weight excluding hydrogens is 256 g/mol. The van der Waals surface area contributed by atoms with Gasteiger partial charge in [-0.05, 0) is 45.2 Å². The van der Waals surface area contributed by atoms with E-state index < -0.39 is 13.0 Å². The van der Waals surface area contributed by atoms with Crippen molar-refractivity contribution >= 4 is 5.69 Å². The standard InChI is InChI=1S/C19H28N2/c1-14-10-8-9-13-18(14)21-15(2)19(20(4)16(21)3)17-11-6-5-7-12-17/h8-10,13,16-17H,5-7,11-12H2,1-4H3/i3D3. The summed E-state index contributed by atoms with van der Waals surface area (Å²) < 4.78 is 24.4. The van der Waals surface area contributed by atoms with Crippen molar-refractivity contribution in [1.82, 2.24) is 4.90 Å². The molecule has 1 saturated carbocycles. The number of nitrogens with zero attached hydrogens (tertiary/aromatic N) is 2. The summed E-state index contributed by atoms with van der Waals surface area (Å²) in [6, 6.07) is 8.09. The zero-order chi connectivity index (χ0) is 17.5. The second-order valence-electron chi connectivity index (χ2n) is 6.45. The maximum absolute atomic E-state index is 8.13. The summed E-state index contributed by atoms with van der Waals surface area (Å²) >= 11 is 0. The number of rotatable bonds is 2. The van der Waals surface area contributed by atoms with Gasteiger partial charge in [0.1, 0.15) is 6.17 Å². The molecule has 2 aliphatic rings. The van der Waals surface area contributed by atoms with Gasteiger partial charge in [-0.25, -0.2) is 0 Å². The Hall–Kier alpha value is -1.44. The average molecular weight is 287 g/mol. The van der Waals surface area contributed by atoms with E-state index in [1.807, 2.05) is 35.0 Å². The van der Waals surface area contributed by atoms with Gasteiger partial charge in [-0.15, -0.1) is 0 Å². The number of aryl methyl sites for hydroxylation is 1. The van der Waals surface area contributed by atoms with Crippen molar-refractivity contribution in [2.75, 3.05) is 11.9 Å². The second-order valence-corrected chi connectivity index (χ2v) is 6.45. The summed E-state index contributed by atoms with van der Waals surface area (Å²) in [6.07, 6.45) is 5.53. The van der Waals surface area contributed by atoms with E-state index in [4.69, 9.17) is 4.11 Å². The van der Waals surface area contributed by atoms with Crippen LogP contribution in [0.25, 0.3) is 0 Å². The van der Waals surface area contributed by atoms with Crippen LogP contribution >= 0.6 is 0 Å². The van der Waals surface area contributed by atoms with E-state index in [1.165, 1.54) is 37.8 Å². The molecule has 2 nitrogen and oxygen atoms in total. The van der Waals surface area contributed by atoms with Gasteiger partial charge in [0.25, 0.3) is 0 Å². The molecule has 1 atom stereocenters. The summed E-state index contributed by atoms with van der Waals surface area (Å²) in [5.41, 5.74) is 4.47. The monoisotopic (exact) mass is 287 g/mol. The van der Waals surface area contributed by atoms with Crippen LogP contribution in [0.5, 0.6) is 0 Å². The fourth-order valence-electron chi connectivity index (χ4n) is 3.97. The van der Waals surface area contributed by atoms with E-state index in [1.54, 1.807) is 0 Å². The van der Waals surface area contributed by atoms with Crippen molar-refractivity contribution in [3.63, 3.8) is 0 Å². The van der Waals surface area contributed by atoms with Crippen molar-refractivity contribution < 1.29 is 4.11 Å². The van der Waals surface area contributed by atoms with E-state index in [-0.39, 0.29) is 0 Å². The fourth-order valence-corrected chi connectivity index (χ4v) is 3.97. The fraction of sp³-hybridized carbons (Fsp3) is 0.579. The van der Waals surface area contributed by atoms with Crippen LogP contribution in [0.3, 0.4) is 0 Å². The van der Waals surface area contributed by atoms with Gasteiger partial charge in [0.05, 0.1) is 0 Å². The Balaban J connectivity index is 2.08. The van der Waals surface area contributed by atoms with E-state index in [0.29, 0.717) is 5.92 Å². The third kappa shape index (κ3) is 2.45. The zero-order valence-electron chi connectivity index (χ0n) is 16.4. The van der Waals surface area contributed by atoms with Crippen molar-refractivity contribution in [1.29, 1.82) is 0 Å². The van der Waals surface area contributed by atoms with Gasteiger partial charge in [0.15, 0.2) is 0 Å². The van der Waals surface area contributed by atoms with Gasteiger partial charge < -0.3 is 9.80 Å². The highest BCUT2D eigenvalue weighted by Gasteiger charge is 2.36. The van der Waals surface area contributed by atoms with Crippen LogP contribution in [0, 0.1) is 12.8 Å². The quantitative estimate of drug-likeness (QED) is 0.763. The lowest BCUT2D eigenvalue weighted by Crippen LogP contribution is -2.36. The Morgan fingerprint density at radius 2 is 1.81 bits per heavy atom. The van der Waals surface area contributed by atoms with Gasteiger partial charge in [0.2, 0.25) is 0 Å². The van der Waals surface area contributed by atoms with Crippen LogP contribution in [0.4, 0.5) is 5.69 Å². The summed E-state index contributed by atoms with van der Waals surface area (Å²) in [5.74, 6) is 0.489. The predicted octanol–water partition coefficient (Wildman–Crippen LogP) is 4.90. The second kappa shape index (κ2) is 5.75. The van der Waals surface area contributed by atoms with E-state index in [2.05, 4.69) is 19.9 Å². The third-order valence-electron chi connectivity index (χ3n) is 5.09. The SMILES string of the molecule is [2H]C([2H])([2H])C1N(C)C(C2CCCCC2)=C(C)N1c1ccccc1C. The molecule has 0 amide bonds. The topological polar surface area (TPSA) is 6.48 Å². The molecule has 1 aromatic rings. The minimum atomic E-state index is -2.06. The lowest BCUT2D eigenvalue weighted by atomic mass is 9.86. The average Bonchev–Trinajstić information content (AvgIpc) is 2.79. The molecule has 0 bridgehead atoms. The molecule has 0 N–H and O–H groups in total. The maximum atomic E-state index is 8.13. The Kier molecular flexibility index (Phi) is 3.06. The lowest BCUT2D eigenvalue weighted by Gasteiger charge is -2.32. The molecule has 0 saturated heterocycles. The molecule has 0 radical (unpaired) electrons. The molecule has 1 aromatic carbocycles. The molecule has 114 valence electrons. The maximum Gasteiger partial charge on any atom is 0.103 e. The van der Waals surface area contributed by atoms with Crippen LogP contribution < -0.4 is 4.90 Å². The van der Waals surface area contributed by atoms with Crippen molar-refractivity contribution in [3.8, 4) is 0 Å². The molecule has 1 aliphatic carbocycles. The normalized spacial score (nSPS) is 26.8. The molecule has 1 aliphatic heterocycles. The number of hydrogen-bond acceptors (Lipinski definition) is 2. The first-order chi connectivity index (χ1) is 11.3. The first-order valence-corrected chi connectivity index (χ1v) is 8.11. The highest BCUT2D eigenvalue weighted by Crippen LogP contribution is 2.41. The molecule has 0 spiro atoms. The van der Waals surface area contributed by atoms with Crippen molar-refractivity contribution in [2.45, 2.75) is 59.0 Å². The van der Waals surface area contributed by atoms with Crippen LogP contribution in [-0.4, -0.2) is 18.1 Å². The van der Waals surface area contributed by atoms with E-state index >= 15 is 0 Å². The van der Waals surface area contributed by atoms with E-state index in [0.717, 1.165) is 16.9 Å². The molecule has 1 fully saturated rings. The Morgan fingerprint density at radius 1 is 1.10 bits per heavy atom. The van der Waals surface area contributed by atoms with Crippen LogP contribution in [0.1, 0.15) is 55.6 Å². The predicted molar refractivity (Wildman–Crippen MR) is 90.2 cm³/mol. The molecular formula is C19H28N2. The van der Waals surface area contributed by atoms with Gasteiger partial charge in [-0.3, -0.25) is 0 Å². The molecule has 21 heavy (non-hydrogen) atoms. The Morgan fingerprint density at radius 3 is 2.48 bits per heavy atom. The van der Waals surface area contributed by atoms with Crippen molar-refractivity contribution in [2.24, 2.45) is 5.92 Å². The number of hydrogen-bond donors (Lipinski definition) is 0. The van der Waals surface area contributed by atoms with Gasteiger partial charge in [-0.1, -0.05) is 37.5 Å². The Labute approximate surface area is 133 Å². The summed E-state index contributed by atoms with van der Waals surface area (Å²) in [6.45, 7) is 2.09. The first kappa shape index (κ1) is 11.2. The number of allylic oxidation sites excluding steroid dienone is 2. The molecule has 3 rings (SSSR count). The van der Waals surface area contributed by atoms with E-state index in [9.17, 15) is 0 Å². The largest absolute Gasteiger partial charge is 0.356 e. The number of anilines is 1. The van der Waals surface area contributed by atoms with Gasteiger partial charge >= 0.3 is 0 Å². The van der Waals surface area contributed by atoms with Crippen LogP contribution in [-0.2, 0) is 0 Å². The molecule has 1 heterocycles. The highest BCUT2D eigenvalue weighted by atomic mass is 15.4. The minimum absolute atomic E-state index is 0.489. The van der Waals surface area contributed by atoms with Crippen molar-refractivity contribution in [3.05, 3.63) is 41.2 Å². The first-order valence-electron chi connectivity index (χ1n) is 9.61. The summed E-state index contributed by atoms with van der Waals surface area (Å²) in [5, 5.41) is 0. The van der Waals surface area contributed by atoms with Gasteiger partial charge in [-0.2, -0.15) is 0 Å². The molecule has 2 heteroatoms. The number of benzene rings is 1. The lowest BCUT2D eigenvalue weighted by molar-refractivity contribution is 0.281. The third-order valence-corrected chi connectivity index (χ3v) is 5.09. The number of para-hydroxylation sites is 1. The molecule has 0 aromatic heterocycles. The van der Waals surface area contributed by atoms with Crippen LogP contribution in [0.15, 0.2) is 35.7 Å². The highest BCUT2D eigenvalue weighted by molar-refractivity contribution is 5.60. The zero-order valence-corrected chi connectivity index (χ0v) is 13.4. The summed E-state index contributed by atoms with van der Waals surface area (Å²) in [7, 11) is 1.96. The Bertz CT molecular complexity index is 630. The molecule has 1 unspecified atom stereocenters. The van der Waals surface area contributed by atoms with Crippen LogP contribution in [0.2, 0.25) is 0 Å². The smallest absolute Gasteiger partial charge is 0.103 e. The summed E-state index contributed by atoms with van der Waals surface area (Å²) in [4.78, 5) is 4.08.